The van der Waals surface area contributed by atoms with Gasteiger partial charge < -0.3 is 4.74 Å². The van der Waals surface area contributed by atoms with Gasteiger partial charge in [0.2, 0.25) is 0 Å². The molecule has 0 radical (unpaired) electrons. The average Bonchev–Trinajstić information content (AvgIpc) is 2.18. The molecule has 0 aliphatic carbocycles. The smallest absolute Gasteiger partial charge is 0.340 e. The second kappa shape index (κ2) is 5.47. The van der Waals surface area contributed by atoms with Crippen molar-refractivity contribution in [2.45, 2.75) is 6.92 Å². The Kier molecular flexibility index (Phi) is 4.54. The number of halogens is 2. The number of carbonyl (C=O) groups is 1. The number of nitrogens with zero attached hydrogens (tertiary/aromatic N) is 1. The quantitative estimate of drug-likeness (QED) is 0.586. The van der Waals surface area contributed by atoms with Crippen molar-refractivity contribution in [1.29, 1.82) is 5.26 Å². The Hall–Kier alpha value is -0.610. The van der Waals surface area contributed by atoms with Gasteiger partial charge in [-0.25, -0.2) is 4.79 Å². The SMILES string of the molecule is CCOC(=O)c1c(Br)ccc(C#N)c1I. The molecule has 0 saturated heterocycles. The van der Waals surface area contributed by atoms with Crippen LogP contribution in [0.15, 0.2) is 16.6 Å². The third-order valence-corrected chi connectivity index (χ3v) is 3.47. The van der Waals surface area contributed by atoms with Crippen molar-refractivity contribution < 1.29 is 9.53 Å². The fraction of sp³-hybridized carbons (Fsp3) is 0.200. The number of carbonyl (C=O) groups excluding carboxylic acids is 1. The van der Waals surface area contributed by atoms with Gasteiger partial charge >= 0.3 is 5.97 Å². The lowest BCUT2D eigenvalue weighted by Gasteiger charge is -2.07. The monoisotopic (exact) mass is 379 g/mol. The summed E-state index contributed by atoms with van der Waals surface area (Å²) in [7, 11) is 0. The molecule has 0 heterocycles. The molecule has 3 nitrogen and oxygen atoms in total. The van der Waals surface area contributed by atoms with E-state index in [4.69, 9.17) is 10.00 Å². The molecule has 0 bridgehead atoms. The van der Waals surface area contributed by atoms with Crippen LogP contribution in [0, 0.1) is 14.9 Å². The van der Waals surface area contributed by atoms with E-state index in [2.05, 4.69) is 15.9 Å². The molecule has 0 aliphatic heterocycles. The highest BCUT2D eigenvalue weighted by Crippen LogP contribution is 2.26. The summed E-state index contributed by atoms with van der Waals surface area (Å²) in [5.41, 5.74) is 0.887. The molecule has 1 aromatic rings. The Bertz CT molecular complexity index is 440. The zero-order valence-corrected chi connectivity index (χ0v) is 11.6. The second-order valence-corrected chi connectivity index (χ2v) is 4.55. The summed E-state index contributed by atoms with van der Waals surface area (Å²) in [6.45, 7) is 2.06. The standard InChI is InChI=1S/C10H7BrINO2/c1-2-15-10(14)8-7(11)4-3-6(5-13)9(8)12/h3-4H,2H2,1H3. The first-order chi connectivity index (χ1) is 7.11. The number of benzene rings is 1. The topological polar surface area (TPSA) is 50.1 Å². The first kappa shape index (κ1) is 12.5. The van der Waals surface area contributed by atoms with Crippen LogP contribution < -0.4 is 0 Å². The van der Waals surface area contributed by atoms with E-state index in [0.29, 0.717) is 25.8 Å². The molecule has 0 unspecified atom stereocenters. The van der Waals surface area contributed by atoms with Gasteiger partial charge in [0.05, 0.1) is 17.7 Å². The van der Waals surface area contributed by atoms with E-state index in [1.54, 1.807) is 19.1 Å². The summed E-state index contributed by atoms with van der Waals surface area (Å²) in [5.74, 6) is -0.411. The first-order valence-electron chi connectivity index (χ1n) is 4.17. The lowest BCUT2D eigenvalue weighted by molar-refractivity contribution is 0.0524. The van der Waals surface area contributed by atoms with Gasteiger partial charge in [-0.3, -0.25) is 0 Å². The molecule has 1 rings (SSSR count). The van der Waals surface area contributed by atoms with Gasteiger partial charge in [0, 0.05) is 8.04 Å². The van der Waals surface area contributed by atoms with Crippen LogP contribution >= 0.6 is 38.5 Å². The number of nitriles is 1. The van der Waals surface area contributed by atoms with Crippen molar-refractivity contribution in [3.8, 4) is 6.07 Å². The lowest BCUT2D eigenvalue weighted by atomic mass is 10.1. The minimum absolute atomic E-state index is 0.318. The molecule has 0 amide bonds. The molecule has 0 spiro atoms. The highest BCUT2D eigenvalue weighted by molar-refractivity contribution is 14.1. The number of hydrogen-bond acceptors (Lipinski definition) is 3. The van der Waals surface area contributed by atoms with Gasteiger partial charge in [-0.05, 0) is 57.6 Å². The van der Waals surface area contributed by atoms with Gasteiger partial charge in [0.15, 0.2) is 0 Å². The molecule has 0 fully saturated rings. The Morgan fingerprint density at radius 2 is 2.33 bits per heavy atom. The maximum absolute atomic E-state index is 11.6. The molecular formula is C10H7BrINO2. The fourth-order valence-corrected chi connectivity index (χ4v) is 2.70. The molecular weight excluding hydrogens is 373 g/mol. The minimum atomic E-state index is -0.411. The lowest BCUT2D eigenvalue weighted by Crippen LogP contribution is -2.08. The summed E-state index contributed by atoms with van der Waals surface area (Å²) < 4.78 is 6.16. The predicted molar refractivity (Wildman–Crippen MR) is 67.5 cm³/mol. The Labute approximate surface area is 110 Å². The fourth-order valence-electron chi connectivity index (χ4n) is 1.03. The predicted octanol–water partition coefficient (Wildman–Crippen LogP) is 3.10. The van der Waals surface area contributed by atoms with Gasteiger partial charge in [-0.2, -0.15) is 5.26 Å². The van der Waals surface area contributed by atoms with Crippen LogP contribution in [0.3, 0.4) is 0 Å². The van der Waals surface area contributed by atoms with E-state index in [1.165, 1.54) is 0 Å². The van der Waals surface area contributed by atoms with E-state index in [1.807, 2.05) is 28.7 Å². The van der Waals surface area contributed by atoms with E-state index in [-0.39, 0.29) is 0 Å². The minimum Gasteiger partial charge on any atom is -0.462 e. The molecule has 1 aromatic carbocycles. The molecule has 0 N–H and O–H groups in total. The van der Waals surface area contributed by atoms with E-state index in [9.17, 15) is 4.79 Å². The van der Waals surface area contributed by atoms with E-state index in [0.717, 1.165) is 0 Å². The molecule has 0 aliphatic rings. The van der Waals surface area contributed by atoms with Crippen LogP contribution in [0.5, 0.6) is 0 Å². The van der Waals surface area contributed by atoms with Crippen LogP contribution in [0.2, 0.25) is 0 Å². The van der Waals surface area contributed by atoms with Gasteiger partial charge in [-0.1, -0.05) is 0 Å². The summed E-state index contributed by atoms with van der Waals surface area (Å²) in [4.78, 5) is 11.6. The first-order valence-corrected chi connectivity index (χ1v) is 6.04. The second-order valence-electron chi connectivity index (χ2n) is 2.62. The molecule has 78 valence electrons. The van der Waals surface area contributed by atoms with Gasteiger partial charge in [-0.15, -0.1) is 0 Å². The van der Waals surface area contributed by atoms with Crippen LogP contribution in [0.25, 0.3) is 0 Å². The van der Waals surface area contributed by atoms with E-state index < -0.39 is 5.97 Å². The molecule has 0 atom stereocenters. The summed E-state index contributed by atoms with van der Waals surface area (Å²) in [6.07, 6.45) is 0. The largest absolute Gasteiger partial charge is 0.462 e. The molecule has 5 heteroatoms. The Morgan fingerprint density at radius 3 is 2.87 bits per heavy atom. The maximum Gasteiger partial charge on any atom is 0.340 e. The number of rotatable bonds is 2. The van der Waals surface area contributed by atoms with Crippen molar-refractivity contribution in [2.24, 2.45) is 0 Å². The van der Waals surface area contributed by atoms with Crippen molar-refractivity contribution in [3.05, 3.63) is 31.3 Å². The van der Waals surface area contributed by atoms with Crippen molar-refractivity contribution in [3.63, 3.8) is 0 Å². The van der Waals surface area contributed by atoms with Crippen molar-refractivity contribution >= 4 is 44.5 Å². The third-order valence-electron chi connectivity index (χ3n) is 1.69. The summed E-state index contributed by atoms with van der Waals surface area (Å²) in [6, 6.07) is 5.36. The average molecular weight is 380 g/mol. The van der Waals surface area contributed by atoms with Crippen LogP contribution in [0.1, 0.15) is 22.8 Å². The summed E-state index contributed by atoms with van der Waals surface area (Å²) >= 11 is 5.23. The van der Waals surface area contributed by atoms with Crippen molar-refractivity contribution in [1.82, 2.24) is 0 Å². The Balaban J connectivity index is 3.28. The third kappa shape index (κ3) is 2.69. The zero-order chi connectivity index (χ0) is 11.4. The number of hydrogen-bond donors (Lipinski definition) is 0. The van der Waals surface area contributed by atoms with Crippen LogP contribution in [-0.2, 0) is 4.74 Å². The zero-order valence-electron chi connectivity index (χ0n) is 7.88. The molecule has 15 heavy (non-hydrogen) atoms. The highest BCUT2D eigenvalue weighted by Gasteiger charge is 2.17. The number of esters is 1. The molecule has 0 saturated carbocycles. The van der Waals surface area contributed by atoms with Gasteiger partial charge in [0.1, 0.15) is 6.07 Å². The van der Waals surface area contributed by atoms with E-state index >= 15 is 0 Å². The maximum atomic E-state index is 11.6. The highest BCUT2D eigenvalue weighted by atomic mass is 127. The van der Waals surface area contributed by atoms with Crippen LogP contribution in [-0.4, -0.2) is 12.6 Å². The van der Waals surface area contributed by atoms with Gasteiger partial charge in [0.25, 0.3) is 0 Å². The summed E-state index contributed by atoms with van der Waals surface area (Å²) in [5, 5.41) is 8.82. The normalized spacial score (nSPS) is 9.47. The van der Waals surface area contributed by atoms with Crippen LogP contribution in [0.4, 0.5) is 0 Å². The Morgan fingerprint density at radius 1 is 1.67 bits per heavy atom. The number of ether oxygens (including phenoxy) is 1. The van der Waals surface area contributed by atoms with Crippen molar-refractivity contribution in [2.75, 3.05) is 6.61 Å². The molecule has 0 aromatic heterocycles.